The summed E-state index contributed by atoms with van der Waals surface area (Å²) in [7, 11) is -3.34. The van der Waals surface area contributed by atoms with Gasteiger partial charge < -0.3 is 4.98 Å². The average Bonchev–Trinajstić information content (AvgIpc) is 2.63. The molecule has 0 radical (unpaired) electrons. The van der Waals surface area contributed by atoms with Crippen LogP contribution in [0.2, 0.25) is 0 Å². The Morgan fingerprint density at radius 1 is 1.33 bits per heavy atom. The molecule has 0 atom stereocenters. The van der Waals surface area contributed by atoms with Gasteiger partial charge in [0, 0.05) is 23.6 Å². The molecule has 15 heavy (non-hydrogen) atoms. The zero-order valence-electron chi connectivity index (χ0n) is 8.32. The maximum Gasteiger partial charge on any atom is 0.240 e. The molecule has 0 saturated heterocycles. The number of rotatable bonds is 3. The summed E-state index contributed by atoms with van der Waals surface area (Å²) < 4.78 is 25.8. The number of sulfonamides is 1. The lowest BCUT2D eigenvalue weighted by Crippen LogP contribution is -2.22. The zero-order valence-corrected chi connectivity index (χ0v) is 9.14. The van der Waals surface area contributed by atoms with Crippen molar-refractivity contribution in [1.82, 2.24) is 9.71 Å². The van der Waals surface area contributed by atoms with Crippen LogP contribution in [0.4, 0.5) is 0 Å². The fourth-order valence-corrected chi connectivity index (χ4v) is 2.55. The Morgan fingerprint density at radius 2 is 2.13 bits per heavy atom. The summed E-state index contributed by atoms with van der Waals surface area (Å²) in [5.74, 6) is 0. The van der Waals surface area contributed by atoms with Crippen LogP contribution in [0.3, 0.4) is 0 Å². The van der Waals surface area contributed by atoms with Crippen molar-refractivity contribution in [3.8, 4) is 0 Å². The smallest absolute Gasteiger partial charge is 0.240 e. The summed E-state index contributed by atoms with van der Waals surface area (Å²) >= 11 is 0. The minimum absolute atomic E-state index is 0.302. The molecule has 0 aliphatic heterocycles. The van der Waals surface area contributed by atoms with Gasteiger partial charge in [-0.15, -0.1) is 0 Å². The van der Waals surface area contributed by atoms with Gasteiger partial charge in [0.2, 0.25) is 10.0 Å². The zero-order chi connectivity index (χ0) is 10.9. The number of H-pyrrole nitrogens is 1. The van der Waals surface area contributed by atoms with Gasteiger partial charge in [-0.2, -0.15) is 0 Å². The third-order valence-corrected chi connectivity index (χ3v) is 3.71. The van der Waals surface area contributed by atoms with Gasteiger partial charge in [-0.05, 0) is 24.3 Å². The summed E-state index contributed by atoms with van der Waals surface area (Å²) in [6, 6.07) is 6.86. The van der Waals surface area contributed by atoms with E-state index in [2.05, 4.69) is 9.71 Å². The first kappa shape index (κ1) is 10.2. The van der Waals surface area contributed by atoms with E-state index in [0.717, 1.165) is 10.9 Å². The molecule has 1 heterocycles. The Bertz CT molecular complexity index is 572. The summed E-state index contributed by atoms with van der Waals surface area (Å²) in [5.41, 5.74) is 0.936. The highest BCUT2D eigenvalue weighted by molar-refractivity contribution is 7.89. The van der Waals surface area contributed by atoms with E-state index in [0.29, 0.717) is 11.4 Å². The Labute approximate surface area is 88.4 Å². The average molecular weight is 224 g/mol. The van der Waals surface area contributed by atoms with Gasteiger partial charge in [0.05, 0.1) is 4.90 Å². The molecule has 1 aromatic carbocycles. The van der Waals surface area contributed by atoms with Crippen molar-refractivity contribution < 1.29 is 8.42 Å². The quantitative estimate of drug-likeness (QED) is 0.829. The van der Waals surface area contributed by atoms with Crippen molar-refractivity contribution >= 4 is 20.9 Å². The fraction of sp³-hybridized carbons (Fsp3) is 0.200. The second-order valence-corrected chi connectivity index (χ2v) is 5.00. The van der Waals surface area contributed by atoms with Crippen LogP contribution in [0.15, 0.2) is 35.4 Å². The lowest BCUT2D eigenvalue weighted by Gasteiger charge is -2.03. The molecule has 2 N–H and O–H groups in total. The predicted octanol–water partition coefficient (Wildman–Crippen LogP) is 1.47. The standard InChI is InChI=1S/C10H12N2O2S/c1-2-12-15(13,14)9-3-4-10-8(7-9)5-6-11-10/h3-7,11-12H,2H2,1H3. The molecular weight excluding hydrogens is 212 g/mol. The third-order valence-electron chi connectivity index (χ3n) is 2.17. The maximum absolute atomic E-state index is 11.7. The molecular formula is C10H12N2O2S. The van der Waals surface area contributed by atoms with Crippen LogP contribution in [-0.2, 0) is 10.0 Å². The summed E-state index contributed by atoms with van der Waals surface area (Å²) in [6.07, 6.45) is 1.79. The molecule has 0 amide bonds. The Hall–Kier alpha value is -1.33. The van der Waals surface area contributed by atoms with Crippen molar-refractivity contribution in [1.29, 1.82) is 0 Å². The van der Waals surface area contributed by atoms with Crippen molar-refractivity contribution in [2.45, 2.75) is 11.8 Å². The number of aromatic amines is 1. The van der Waals surface area contributed by atoms with E-state index in [9.17, 15) is 8.42 Å². The molecule has 1 aromatic heterocycles. The minimum atomic E-state index is -3.34. The van der Waals surface area contributed by atoms with Crippen LogP contribution in [0.1, 0.15) is 6.92 Å². The number of aromatic nitrogens is 1. The van der Waals surface area contributed by atoms with Gasteiger partial charge in [0.25, 0.3) is 0 Å². The first-order chi connectivity index (χ1) is 7.13. The summed E-state index contributed by atoms with van der Waals surface area (Å²) in [6.45, 7) is 2.15. The van der Waals surface area contributed by atoms with Crippen LogP contribution in [0.25, 0.3) is 10.9 Å². The molecule has 0 fully saturated rings. The molecule has 2 rings (SSSR count). The van der Waals surface area contributed by atoms with Crippen molar-refractivity contribution in [3.05, 3.63) is 30.5 Å². The van der Waals surface area contributed by atoms with Gasteiger partial charge in [-0.3, -0.25) is 0 Å². The van der Waals surface area contributed by atoms with E-state index >= 15 is 0 Å². The number of benzene rings is 1. The SMILES string of the molecule is CCNS(=O)(=O)c1ccc2[nH]ccc2c1. The van der Waals surface area contributed by atoms with Gasteiger partial charge in [0.1, 0.15) is 0 Å². The van der Waals surface area contributed by atoms with Crippen LogP contribution in [-0.4, -0.2) is 19.9 Å². The summed E-state index contributed by atoms with van der Waals surface area (Å²) in [4.78, 5) is 3.32. The first-order valence-corrected chi connectivity index (χ1v) is 6.18. The molecule has 2 aromatic rings. The predicted molar refractivity (Wildman–Crippen MR) is 59.2 cm³/mol. The van der Waals surface area contributed by atoms with Crippen LogP contribution in [0, 0.1) is 0 Å². The normalized spacial score (nSPS) is 12.1. The Morgan fingerprint density at radius 3 is 2.87 bits per heavy atom. The minimum Gasteiger partial charge on any atom is -0.361 e. The van der Waals surface area contributed by atoms with E-state index in [4.69, 9.17) is 0 Å². The molecule has 0 aliphatic rings. The van der Waals surface area contributed by atoms with Crippen LogP contribution < -0.4 is 4.72 Å². The molecule has 0 bridgehead atoms. The lowest BCUT2D eigenvalue weighted by molar-refractivity contribution is 0.584. The van der Waals surface area contributed by atoms with Gasteiger partial charge in [-0.1, -0.05) is 6.92 Å². The largest absolute Gasteiger partial charge is 0.361 e. The van der Waals surface area contributed by atoms with Gasteiger partial charge in [0.15, 0.2) is 0 Å². The van der Waals surface area contributed by atoms with E-state index in [1.807, 2.05) is 6.07 Å². The maximum atomic E-state index is 11.7. The molecule has 5 heteroatoms. The van der Waals surface area contributed by atoms with E-state index in [1.165, 1.54) is 0 Å². The second kappa shape index (κ2) is 3.67. The molecule has 0 saturated carbocycles. The monoisotopic (exact) mass is 224 g/mol. The Kier molecular flexibility index (Phi) is 2.50. The molecule has 0 unspecified atom stereocenters. The molecule has 0 aliphatic carbocycles. The fourth-order valence-electron chi connectivity index (χ4n) is 1.47. The number of hydrogen-bond acceptors (Lipinski definition) is 2. The van der Waals surface area contributed by atoms with Crippen molar-refractivity contribution in [2.75, 3.05) is 6.54 Å². The summed E-state index contributed by atoms with van der Waals surface area (Å²) in [5, 5.41) is 0.897. The van der Waals surface area contributed by atoms with E-state index in [1.54, 1.807) is 31.3 Å². The molecule has 0 spiro atoms. The number of fused-ring (bicyclic) bond motifs is 1. The third kappa shape index (κ3) is 1.88. The molecule has 4 nitrogen and oxygen atoms in total. The first-order valence-electron chi connectivity index (χ1n) is 4.70. The van der Waals surface area contributed by atoms with Crippen LogP contribution in [0.5, 0.6) is 0 Å². The van der Waals surface area contributed by atoms with Gasteiger partial charge >= 0.3 is 0 Å². The highest BCUT2D eigenvalue weighted by Crippen LogP contribution is 2.17. The highest BCUT2D eigenvalue weighted by atomic mass is 32.2. The number of hydrogen-bond donors (Lipinski definition) is 2. The van der Waals surface area contributed by atoms with Crippen molar-refractivity contribution in [3.63, 3.8) is 0 Å². The second-order valence-electron chi connectivity index (χ2n) is 3.23. The van der Waals surface area contributed by atoms with E-state index < -0.39 is 10.0 Å². The number of nitrogens with one attached hydrogen (secondary N) is 2. The highest BCUT2D eigenvalue weighted by Gasteiger charge is 2.12. The Balaban J connectivity index is 2.52. The van der Waals surface area contributed by atoms with Crippen LogP contribution >= 0.6 is 0 Å². The molecule has 80 valence electrons. The topological polar surface area (TPSA) is 62.0 Å². The van der Waals surface area contributed by atoms with Crippen molar-refractivity contribution in [2.24, 2.45) is 0 Å². The lowest BCUT2D eigenvalue weighted by atomic mass is 10.2. The van der Waals surface area contributed by atoms with E-state index in [-0.39, 0.29) is 0 Å². The van der Waals surface area contributed by atoms with Gasteiger partial charge in [-0.25, -0.2) is 13.1 Å².